The summed E-state index contributed by atoms with van der Waals surface area (Å²) < 4.78 is 34.4. The van der Waals surface area contributed by atoms with Crippen LogP contribution >= 0.6 is 12.2 Å². The van der Waals surface area contributed by atoms with Gasteiger partial charge in [0.2, 0.25) is 10.0 Å². The lowest BCUT2D eigenvalue weighted by Gasteiger charge is -2.32. The molecule has 0 unspecified atom stereocenters. The topological polar surface area (TPSA) is 76.5 Å². The van der Waals surface area contributed by atoms with Crippen LogP contribution in [0.25, 0.3) is 11.6 Å². The number of nitrogens with zero attached hydrogens (tertiary/aromatic N) is 5. The Labute approximate surface area is 146 Å². The first-order chi connectivity index (χ1) is 11.4. The first kappa shape index (κ1) is 17.3. The Balaban J connectivity index is 1.76. The molecule has 0 amide bonds. The van der Waals surface area contributed by atoms with Crippen LogP contribution in [0.5, 0.6) is 0 Å². The van der Waals surface area contributed by atoms with Crippen molar-refractivity contribution in [3.05, 3.63) is 23.2 Å². The third-order valence-electron chi connectivity index (χ3n) is 4.11. The summed E-state index contributed by atoms with van der Waals surface area (Å²) in [4.78, 5) is 2.15. The highest BCUT2D eigenvalue weighted by atomic mass is 32.2. The van der Waals surface area contributed by atoms with E-state index >= 15 is 0 Å². The second kappa shape index (κ2) is 6.79. The van der Waals surface area contributed by atoms with Gasteiger partial charge in [-0.15, -0.1) is 5.10 Å². The van der Waals surface area contributed by atoms with Gasteiger partial charge in [0, 0.05) is 32.7 Å². The lowest BCUT2D eigenvalue weighted by Crippen LogP contribution is -2.48. The predicted molar refractivity (Wildman–Crippen MR) is 92.4 cm³/mol. The number of rotatable bonds is 5. The summed E-state index contributed by atoms with van der Waals surface area (Å²) in [6.07, 6.45) is 2.86. The van der Waals surface area contributed by atoms with Crippen LogP contribution in [-0.2, 0) is 23.2 Å². The maximum Gasteiger partial charge on any atom is 0.211 e. The van der Waals surface area contributed by atoms with Gasteiger partial charge in [-0.25, -0.2) is 13.1 Å². The third-order valence-corrected chi connectivity index (χ3v) is 5.85. The van der Waals surface area contributed by atoms with Crippen LogP contribution in [0.4, 0.5) is 0 Å². The van der Waals surface area contributed by atoms with Crippen molar-refractivity contribution in [2.75, 3.05) is 32.4 Å². The highest BCUT2D eigenvalue weighted by Crippen LogP contribution is 2.19. The molecule has 0 spiro atoms. The highest BCUT2D eigenvalue weighted by Gasteiger charge is 2.24. The van der Waals surface area contributed by atoms with E-state index in [0.717, 1.165) is 0 Å². The van der Waals surface area contributed by atoms with Crippen LogP contribution in [0.15, 0.2) is 22.8 Å². The molecule has 0 atom stereocenters. The number of hydrogen-bond donors (Lipinski definition) is 0. The van der Waals surface area contributed by atoms with Crippen LogP contribution < -0.4 is 0 Å². The molecule has 1 saturated heterocycles. The van der Waals surface area contributed by atoms with E-state index < -0.39 is 10.0 Å². The van der Waals surface area contributed by atoms with Crippen molar-refractivity contribution >= 4 is 22.2 Å². The number of hydrogen-bond acceptors (Lipinski definition) is 6. The Morgan fingerprint density at radius 2 is 2.00 bits per heavy atom. The quantitative estimate of drug-likeness (QED) is 0.736. The Morgan fingerprint density at radius 1 is 1.29 bits per heavy atom. The monoisotopic (exact) mass is 371 g/mol. The van der Waals surface area contributed by atoms with Gasteiger partial charge in [-0.05, 0) is 31.3 Å². The van der Waals surface area contributed by atoms with Crippen molar-refractivity contribution in [2.24, 2.45) is 0 Å². The van der Waals surface area contributed by atoms with Crippen molar-refractivity contribution in [1.82, 2.24) is 23.6 Å². The zero-order valence-corrected chi connectivity index (χ0v) is 15.4. The molecule has 0 N–H and O–H groups in total. The van der Waals surface area contributed by atoms with E-state index in [9.17, 15) is 8.42 Å². The molecule has 24 heavy (non-hydrogen) atoms. The molecule has 132 valence electrons. The minimum absolute atomic E-state index is 0.492. The fourth-order valence-corrected chi connectivity index (χ4v) is 3.94. The average molecular weight is 371 g/mol. The highest BCUT2D eigenvalue weighted by molar-refractivity contribution is 7.88. The van der Waals surface area contributed by atoms with Gasteiger partial charge in [0.05, 0.1) is 19.2 Å². The molecule has 1 aliphatic heterocycles. The minimum atomic E-state index is -3.12. The summed E-state index contributed by atoms with van der Waals surface area (Å²) in [6, 6.07) is 3.68. The van der Waals surface area contributed by atoms with E-state index in [0.29, 0.717) is 55.7 Å². The van der Waals surface area contributed by atoms with Gasteiger partial charge in [-0.3, -0.25) is 9.47 Å². The van der Waals surface area contributed by atoms with Crippen molar-refractivity contribution in [1.29, 1.82) is 0 Å². The van der Waals surface area contributed by atoms with Crippen molar-refractivity contribution in [3.8, 4) is 11.6 Å². The summed E-state index contributed by atoms with van der Waals surface area (Å²) in [5.41, 5.74) is 0. The van der Waals surface area contributed by atoms with Crippen LogP contribution in [0.3, 0.4) is 0 Å². The van der Waals surface area contributed by atoms with Gasteiger partial charge >= 0.3 is 0 Å². The fraction of sp³-hybridized carbons (Fsp3) is 0.571. The lowest BCUT2D eigenvalue weighted by atomic mass is 10.4. The zero-order valence-electron chi connectivity index (χ0n) is 13.8. The van der Waals surface area contributed by atoms with E-state index in [1.807, 2.05) is 23.6 Å². The summed E-state index contributed by atoms with van der Waals surface area (Å²) in [6.45, 7) is 5.55. The smallest absolute Gasteiger partial charge is 0.211 e. The van der Waals surface area contributed by atoms with E-state index in [-0.39, 0.29) is 0 Å². The van der Waals surface area contributed by atoms with Crippen LogP contribution in [0.1, 0.15) is 6.92 Å². The van der Waals surface area contributed by atoms with Gasteiger partial charge in [0.25, 0.3) is 0 Å². The molecule has 3 heterocycles. The molecule has 2 aromatic rings. The zero-order chi connectivity index (χ0) is 17.3. The number of aromatic nitrogens is 3. The Kier molecular flexibility index (Phi) is 4.90. The molecule has 0 saturated carbocycles. The molecule has 10 heteroatoms. The van der Waals surface area contributed by atoms with Gasteiger partial charge in [0.1, 0.15) is 0 Å². The van der Waals surface area contributed by atoms with Crippen molar-refractivity contribution in [3.63, 3.8) is 0 Å². The molecule has 0 radical (unpaired) electrons. The van der Waals surface area contributed by atoms with Crippen LogP contribution in [0, 0.1) is 4.77 Å². The van der Waals surface area contributed by atoms with E-state index in [1.54, 1.807) is 10.9 Å². The van der Waals surface area contributed by atoms with Crippen LogP contribution in [-0.4, -0.2) is 64.4 Å². The summed E-state index contributed by atoms with van der Waals surface area (Å²) >= 11 is 5.53. The SMILES string of the molecule is CCn1c(-c2ccco2)nn(CN2CCN(S(C)(=O)=O)CC2)c1=S. The number of sulfonamides is 1. The Morgan fingerprint density at radius 3 is 2.54 bits per heavy atom. The molecule has 2 aromatic heterocycles. The Bertz CT molecular complexity index is 846. The third kappa shape index (κ3) is 3.46. The molecule has 0 aliphatic carbocycles. The second-order valence-corrected chi connectivity index (χ2v) is 8.10. The molecule has 3 rings (SSSR count). The number of furan rings is 1. The molecule has 0 bridgehead atoms. The minimum Gasteiger partial charge on any atom is -0.461 e. The van der Waals surface area contributed by atoms with E-state index in [2.05, 4.69) is 10.00 Å². The first-order valence-electron chi connectivity index (χ1n) is 7.79. The largest absolute Gasteiger partial charge is 0.461 e. The van der Waals surface area contributed by atoms with Gasteiger partial charge < -0.3 is 4.42 Å². The second-order valence-electron chi connectivity index (χ2n) is 5.75. The van der Waals surface area contributed by atoms with Gasteiger partial charge in [-0.1, -0.05) is 0 Å². The summed E-state index contributed by atoms with van der Waals surface area (Å²) in [7, 11) is -3.12. The van der Waals surface area contributed by atoms with Crippen molar-refractivity contribution in [2.45, 2.75) is 20.1 Å². The molecule has 0 aromatic carbocycles. The van der Waals surface area contributed by atoms with E-state index in [4.69, 9.17) is 16.6 Å². The summed E-state index contributed by atoms with van der Waals surface area (Å²) in [5.74, 6) is 1.39. The van der Waals surface area contributed by atoms with E-state index in [1.165, 1.54) is 10.6 Å². The van der Waals surface area contributed by atoms with Gasteiger partial charge in [-0.2, -0.15) is 4.31 Å². The Hall–Kier alpha value is -1.49. The van der Waals surface area contributed by atoms with Gasteiger partial charge in [0.15, 0.2) is 16.4 Å². The molecule has 1 fully saturated rings. The average Bonchev–Trinajstić information content (AvgIpc) is 3.16. The molecular weight excluding hydrogens is 350 g/mol. The standard InChI is InChI=1S/C14H21N5O3S2/c1-3-18-13(12-5-4-10-22-12)15-19(14(18)23)11-16-6-8-17(9-7-16)24(2,20)21/h4-5,10H,3,6-9,11H2,1-2H3. The molecule has 1 aliphatic rings. The maximum absolute atomic E-state index is 11.6. The van der Waals surface area contributed by atoms with Crippen LogP contribution in [0.2, 0.25) is 0 Å². The predicted octanol–water partition coefficient (Wildman–Crippen LogP) is 1.23. The molecular formula is C14H21N5O3S2. The van der Waals surface area contributed by atoms with Crippen molar-refractivity contribution < 1.29 is 12.8 Å². The fourth-order valence-electron chi connectivity index (χ4n) is 2.80. The molecule has 8 nitrogen and oxygen atoms in total. The number of piperazine rings is 1. The normalized spacial score (nSPS) is 17.4. The summed E-state index contributed by atoms with van der Waals surface area (Å²) in [5, 5.41) is 4.59. The lowest BCUT2D eigenvalue weighted by molar-refractivity contribution is 0.145. The maximum atomic E-state index is 11.6. The first-order valence-corrected chi connectivity index (χ1v) is 10.0.